The van der Waals surface area contributed by atoms with Crippen molar-refractivity contribution in [1.29, 1.82) is 0 Å². The number of nitrogens with one attached hydrogen (secondary N) is 1. The van der Waals surface area contributed by atoms with Gasteiger partial charge in [-0.25, -0.2) is 4.79 Å². The minimum atomic E-state index is -0.179. The molecule has 0 aromatic carbocycles. The van der Waals surface area contributed by atoms with Crippen molar-refractivity contribution in [3.63, 3.8) is 0 Å². The van der Waals surface area contributed by atoms with Crippen LogP contribution in [0.1, 0.15) is 51.9 Å². The molecule has 1 saturated carbocycles. The van der Waals surface area contributed by atoms with Crippen molar-refractivity contribution in [1.82, 2.24) is 15.1 Å². The maximum Gasteiger partial charge on any atom is 0.409 e. The van der Waals surface area contributed by atoms with Gasteiger partial charge in [0.1, 0.15) is 0 Å². The molecule has 0 aromatic heterocycles. The van der Waals surface area contributed by atoms with E-state index in [-0.39, 0.29) is 17.9 Å². The van der Waals surface area contributed by atoms with E-state index >= 15 is 0 Å². The smallest absolute Gasteiger partial charge is 0.409 e. The van der Waals surface area contributed by atoms with Crippen LogP contribution >= 0.6 is 0 Å². The molecule has 0 spiro atoms. The molecular weight excluding hydrogens is 330 g/mol. The van der Waals surface area contributed by atoms with Crippen LogP contribution in [0.3, 0.4) is 0 Å². The molecule has 26 heavy (non-hydrogen) atoms. The lowest BCUT2D eigenvalue weighted by Crippen LogP contribution is -2.48. The summed E-state index contributed by atoms with van der Waals surface area (Å²) in [5.74, 6) is 0.387. The van der Waals surface area contributed by atoms with E-state index in [1.54, 1.807) is 0 Å². The number of likely N-dealkylation sites (tertiary alicyclic amines) is 2. The SMILES string of the molecule is C=C1CC(NC(=O)C2CCN(C3CCCN(C(=O)OCC)CC3)CC2)C1. The van der Waals surface area contributed by atoms with Gasteiger partial charge in [0.25, 0.3) is 0 Å². The van der Waals surface area contributed by atoms with E-state index in [4.69, 9.17) is 4.74 Å². The Hall–Kier alpha value is -1.56. The van der Waals surface area contributed by atoms with Crippen molar-refractivity contribution >= 4 is 12.0 Å². The molecule has 2 saturated heterocycles. The summed E-state index contributed by atoms with van der Waals surface area (Å²) in [5.41, 5.74) is 1.25. The summed E-state index contributed by atoms with van der Waals surface area (Å²) in [4.78, 5) is 28.7. The number of amides is 2. The third-order valence-electron chi connectivity index (χ3n) is 6.06. The van der Waals surface area contributed by atoms with Gasteiger partial charge in [-0.1, -0.05) is 12.2 Å². The van der Waals surface area contributed by atoms with Gasteiger partial charge in [0, 0.05) is 31.1 Å². The van der Waals surface area contributed by atoms with Gasteiger partial charge in [-0.05, 0) is 65.0 Å². The quantitative estimate of drug-likeness (QED) is 0.780. The molecule has 3 rings (SSSR count). The molecule has 2 heterocycles. The van der Waals surface area contributed by atoms with E-state index in [0.717, 1.165) is 71.1 Å². The summed E-state index contributed by atoms with van der Waals surface area (Å²) < 4.78 is 5.13. The van der Waals surface area contributed by atoms with Crippen molar-refractivity contribution in [3.8, 4) is 0 Å². The number of piperidine rings is 1. The largest absolute Gasteiger partial charge is 0.450 e. The van der Waals surface area contributed by atoms with Crippen molar-refractivity contribution < 1.29 is 14.3 Å². The number of hydrogen-bond donors (Lipinski definition) is 1. The Morgan fingerprint density at radius 3 is 2.50 bits per heavy atom. The van der Waals surface area contributed by atoms with Gasteiger partial charge in [-0.3, -0.25) is 4.79 Å². The van der Waals surface area contributed by atoms with Crippen LogP contribution in [0.25, 0.3) is 0 Å². The second-order valence-electron chi connectivity index (χ2n) is 7.94. The highest BCUT2D eigenvalue weighted by Gasteiger charge is 2.32. The Kier molecular flexibility index (Phi) is 6.57. The third kappa shape index (κ3) is 4.78. The maximum atomic E-state index is 12.4. The Labute approximate surface area is 156 Å². The van der Waals surface area contributed by atoms with Crippen LogP contribution in [0.5, 0.6) is 0 Å². The van der Waals surface area contributed by atoms with Gasteiger partial charge in [0.05, 0.1) is 6.61 Å². The lowest BCUT2D eigenvalue weighted by molar-refractivity contribution is -0.127. The molecule has 1 aliphatic carbocycles. The van der Waals surface area contributed by atoms with Crippen LogP contribution in [0.2, 0.25) is 0 Å². The maximum absolute atomic E-state index is 12.4. The van der Waals surface area contributed by atoms with Crippen molar-refractivity contribution in [2.24, 2.45) is 5.92 Å². The molecule has 2 amide bonds. The Morgan fingerprint density at radius 1 is 1.12 bits per heavy atom. The number of carbonyl (C=O) groups is 2. The molecule has 0 radical (unpaired) electrons. The van der Waals surface area contributed by atoms with Crippen LogP contribution < -0.4 is 5.32 Å². The van der Waals surface area contributed by atoms with Gasteiger partial charge in [0.15, 0.2) is 0 Å². The summed E-state index contributed by atoms with van der Waals surface area (Å²) in [7, 11) is 0. The zero-order chi connectivity index (χ0) is 18.5. The molecule has 2 aliphatic heterocycles. The molecule has 3 aliphatic rings. The van der Waals surface area contributed by atoms with Crippen LogP contribution in [0, 0.1) is 5.92 Å². The summed E-state index contributed by atoms with van der Waals surface area (Å²) in [6, 6.07) is 0.845. The predicted octanol–water partition coefficient (Wildman–Crippen LogP) is 2.54. The molecule has 6 nitrogen and oxygen atoms in total. The van der Waals surface area contributed by atoms with Crippen LogP contribution in [-0.2, 0) is 9.53 Å². The fraction of sp³-hybridized carbons (Fsp3) is 0.800. The summed E-state index contributed by atoms with van der Waals surface area (Å²) in [6.07, 6.45) is 6.75. The van der Waals surface area contributed by atoms with E-state index in [1.807, 2.05) is 11.8 Å². The fourth-order valence-electron chi connectivity index (χ4n) is 4.43. The number of ether oxygens (including phenoxy) is 1. The Bertz CT molecular complexity index is 520. The fourth-order valence-corrected chi connectivity index (χ4v) is 4.43. The summed E-state index contributed by atoms with van der Waals surface area (Å²) in [5, 5.41) is 3.17. The second kappa shape index (κ2) is 8.89. The zero-order valence-corrected chi connectivity index (χ0v) is 16.0. The van der Waals surface area contributed by atoms with Gasteiger partial charge in [0.2, 0.25) is 5.91 Å². The van der Waals surface area contributed by atoms with E-state index in [9.17, 15) is 9.59 Å². The molecule has 6 heteroatoms. The first-order chi connectivity index (χ1) is 12.6. The predicted molar refractivity (Wildman–Crippen MR) is 101 cm³/mol. The van der Waals surface area contributed by atoms with Crippen LogP contribution in [-0.4, -0.2) is 66.7 Å². The highest BCUT2D eigenvalue weighted by Crippen LogP contribution is 2.27. The van der Waals surface area contributed by atoms with Gasteiger partial charge >= 0.3 is 6.09 Å². The Balaban J connectivity index is 1.41. The standard InChI is InChI=1S/C20H33N3O3/c1-3-26-20(25)23-9-4-5-18(8-12-23)22-10-6-16(7-11-22)19(24)21-17-13-15(2)14-17/h16-18H,2-14H2,1H3,(H,21,24). The summed E-state index contributed by atoms with van der Waals surface area (Å²) >= 11 is 0. The van der Waals surface area contributed by atoms with Gasteiger partial charge in [-0.2, -0.15) is 0 Å². The number of hydrogen-bond acceptors (Lipinski definition) is 4. The molecule has 0 bridgehead atoms. The van der Waals surface area contributed by atoms with Crippen molar-refractivity contribution in [2.45, 2.75) is 64.0 Å². The average molecular weight is 364 g/mol. The minimum Gasteiger partial charge on any atom is -0.450 e. The summed E-state index contributed by atoms with van der Waals surface area (Å²) in [6.45, 7) is 9.75. The highest BCUT2D eigenvalue weighted by molar-refractivity contribution is 5.79. The first-order valence-corrected chi connectivity index (χ1v) is 10.2. The van der Waals surface area contributed by atoms with Crippen LogP contribution in [0.4, 0.5) is 4.79 Å². The van der Waals surface area contributed by atoms with E-state index in [1.165, 1.54) is 5.57 Å². The van der Waals surface area contributed by atoms with Crippen LogP contribution in [0.15, 0.2) is 12.2 Å². The minimum absolute atomic E-state index is 0.155. The monoisotopic (exact) mass is 363 g/mol. The molecule has 1 N–H and O–H groups in total. The molecule has 0 aromatic rings. The highest BCUT2D eigenvalue weighted by atomic mass is 16.6. The van der Waals surface area contributed by atoms with E-state index in [2.05, 4.69) is 16.8 Å². The van der Waals surface area contributed by atoms with Crippen molar-refractivity contribution in [3.05, 3.63) is 12.2 Å². The zero-order valence-electron chi connectivity index (χ0n) is 16.0. The second-order valence-corrected chi connectivity index (χ2v) is 7.94. The molecule has 1 atom stereocenters. The third-order valence-corrected chi connectivity index (χ3v) is 6.06. The lowest BCUT2D eigenvalue weighted by atomic mass is 9.86. The van der Waals surface area contributed by atoms with Crippen molar-refractivity contribution in [2.75, 3.05) is 32.8 Å². The topological polar surface area (TPSA) is 61.9 Å². The van der Waals surface area contributed by atoms with E-state index < -0.39 is 0 Å². The molecule has 146 valence electrons. The molecular formula is C20H33N3O3. The number of nitrogens with zero attached hydrogens (tertiary/aromatic N) is 2. The average Bonchev–Trinajstić information content (AvgIpc) is 2.87. The number of carbonyl (C=O) groups excluding carboxylic acids is 2. The number of rotatable bonds is 4. The van der Waals surface area contributed by atoms with Gasteiger partial charge < -0.3 is 19.9 Å². The normalized spacial score (nSPS) is 26.1. The van der Waals surface area contributed by atoms with E-state index in [0.29, 0.717) is 18.7 Å². The first kappa shape index (κ1) is 19.2. The first-order valence-electron chi connectivity index (χ1n) is 10.2. The Morgan fingerprint density at radius 2 is 1.85 bits per heavy atom. The molecule has 3 fully saturated rings. The lowest BCUT2D eigenvalue weighted by Gasteiger charge is -2.38. The molecule has 1 unspecified atom stereocenters. The van der Waals surface area contributed by atoms with Gasteiger partial charge in [-0.15, -0.1) is 0 Å².